The van der Waals surface area contributed by atoms with Crippen molar-refractivity contribution in [2.75, 3.05) is 7.11 Å². The number of ether oxygens (including phenoxy) is 1. The molecule has 0 saturated carbocycles. The highest BCUT2D eigenvalue weighted by Crippen LogP contribution is 2.15. The summed E-state index contributed by atoms with van der Waals surface area (Å²) in [5.74, 6) is -0.771. The number of methoxy groups -OCH3 is 1. The Morgan fingerprint density at radius 1 is 1.47 bits per heavy atom. The number of rotatable bonds is 5. The number of aryl methyl sites for hydroxylation is 1. The molecule has 102 valence electrons. The van der Waals surface area contributed by atoms with Crippen molar-refractivity contribution in [1.82, 2.24) is 4.57 Å². The number of aliphatic hydroxyl groups is 1. The molecule has 6 nitrogen and oxygen atoms in total. The van der Waals surface area contributed by atoms with Gasteiger partial charge in [-0.2, -0.15) is 0 Å². The summed E-state index contributed by atoms with van der Waals surface area (Å²) in [5.41, 5.74) is 1.80. The zero-order valence-corrected chi connectivity index (χ0v) is 10.6. The fourth-order valence-electron chi connectivity index (χ4n) is 1.90. The number of hydrogen-bond donors (Lipinski definition) is 1. The lowest BCUT2D eigenvalue weighted by Crippen LogP contribution is -2.15. The van der Waals surface area contributed by atoms with Gasteiger partial charge in [0.05, 0.1) is 19.2 Å². The quantitative estimate of drug-likeness (QED) is 0.817. The SMILES string of the molecule is COC(=O)CCCn1c(=O)oc2ccc(CO)cc21. The monoisotopic (exact) mass is 265 g/mol. The lowest BCUT2D eigenvalue weighted by atomic mass is 10.2. The van der Waals surface area contributed by atoms with Crippen LogP contribution < -0.4 is 5.76 Å². The minimum atomic E-state index is -0.463. The molecule has 0 aliphatic rings. The first kappa shape index (κ1) is 13.4. The number of carbonyl (C=O) groups excluding carboxylic acids is 1. The van der Waals surface area contributed by atoms with Gasteiger partial charge in [-0.15, -0.1) is 0 Å². The van der Waals surface area contributed by atoms with Gasteiger partial charge in [0.25, 0.3) is 0 Å². The Labute approximate surface area is 109 Å². The molecule has 0 saturated heterocycles. The van der Waals surface area contributed by atoms with E-state index in [9.17, 15) is 9.59 Å². The third-order valence-corrected chi connectivity index (χ3v) is 2.90. The third-order valence-electron chi connectivity index (χ3n) is 2.90. The Morgan fingerprint density at radius 3 is 2.95 bits per heavy atom. The van der Waals surface area contributed by atoms with Crippen molar-refractivity contribution < 1.29 is 19.1 Å². The van der Waals surface area contributed by atoms with Gasteiger partial charge in [0.15, 0.2) is 5.58 Å². The number of nitrogens with zero attached hydrogens (tertiary/aromatic N) is 1. The van der Waals surface area contributed by atoms with Crippen LogP contribution in [0.5, 0.6) is 0 Å². The van der Waals surface area contributed by atoms with Gasteiger partial charge < -0.3 is 14.3 Å². The molecule has 0 radical (unpaired) electrons. The number of aromatic nitrogens is 1. The van der Waals surface area contributed by atoms with Crippen LogP contribution in [0.3, 0.4) is 0 Å². The number of esters is 1. The number of fused-ring (bicyclic) bond motifs is 1. The molecule has 0 atom stereocenters. The molecule has 0 fully saturated rings. The zero-order chi connectivity index (χ0) is 13.8. The molecule has 1 aromatic heterocycles. The van der Waals surface area contributed by atoms with Crippen LogP contribution in [0.2, 0.25) is 0 Å². The average Bonchev–Trinajstić information content (AvgIpc) is 2.74. The second kappa shape index (κ2) is 5.71. The fraction of sp³-hybridized carbons (Fsp3) is 0.385. The van der Waals surface area contributed by atoms with E-state index in [0.717, 1.165) is 0 Å². The maximum Gasteiger partial charge on any atom is 0.419 e. The number of carbonyl (C=O) groups is 1. The van der Waals surface area contributed by atoms with Gasteiger partial charge in [0.2, 0.25) is 0 Å². The minimum Gasteiger partial charge on any atom is -0.469 e. The van der Waals surface area contributed by atoms with E-state index in [1.807, 2.05) is 0 Å². The predicted molar refractivity (Wildman–Crippen MR) is 67.6 cm³/mol. The van der Waals surface area contributed by atoms with Crippen LogP contribution in [0.15, 0.2) is 27.4 Å². The summed E-state index contributed by atoms with van der Waals surface area (Å²) in [4.78, 5) is 22.7. The predicted octanol–water partition coefficient (Wildman–Crippen LogP) is 1.04. The number of oxazole rings is 1. The van der Waals surface area contributed by atoms with E-state index in [1.54, 1.807) is 18.2 Å². The molecule has 0 aliphatic heterocycles. The van der Waals surface area contributed by atoms with Crippen molar-refractivity contribution in [3.05, 3.63) is 34.3 Å². The van der Waals surface area contributed by atoms with E-state index in [0.29, 0.717) is 29.6 Å². The molecule has 1 heterocycles. The summed E-state index contributed by atoms with van der Waals surface area (Å²) >= 11 is 0. The highest BCUT2D eigenvalue weighted by Gasteiger charge is 2.10. The van der Waals surface area contributed by atoms with Crippen LogP contribution in [0.4, 0.5) is 0 Å². The zero-order valence-electron chi connectivity index (χ0n) is 10.6. The topological polar surface area (TPSA) is 81.7 Å². The van der Waals surface area contributed by atoms with E-state index in [-0.39, 0.29) is 19.0 Å². The molecule has 0 amide bonds. The molecule has 0 spiro atoms. The van der Waals surface area contributed by atoms with Gasteiger partial charge in [-0.25, -0.2) is 4.79 Å². The molecular formula is C13H15NO5. The van der Waals surface area contributed by atoms with E-state index >= 15 is 0 Å². The smallest absolute Gasteiger partial charge is 0.419 e. The maximum absolute atomic E-state index is 11.7. The maximum atomic E-state index is 11.7. The van der Waals surface area contributed by atoms with Crippen molar-refractivity contribution in [1.29, 1.82) is 0 Å². The standard InChI is InChI=1S/C13H15NO5/c1-18-12(16)3-2-6-14-10-7-9(8-15)4-5-11(10)19-13(14)17/h4-5,7,15H,2-3,6,8H2,1H3. The van der Waals surface area contributed by atoms with Crippen molar-refractivity contribution in [3.8, 4) is 0 Å². The summed E-state index contributed by atoms with van der Waals surface area (Å²) in [7, 11) is 1.33. The summed E-state index contributed by atoms with van der Waals surface area (Å²) < 4.78 is 11.1. The Morgan fingerprint density at radius 2 is 2.26 bits per heavy atom. The van der Waals surface area contributed by atoms with Crippen LogP contribution in [-0.2, 0) is 22.7 Å². The minimum absolute atomic E-state index is 0.0997. The van der Waals surface area contributed by atoms with Crippen LogP contribution in [0, 0.1) is 0 Å². The molecule has 19 heavy (non-hydrogen) atoms. The van der Waals surface area contributed by atoms with Gasteiger partial charge in [0.1, 0.15) is 0 Å². The van der Waals surface area contributed by atoms with Gasteiger partial charge in [-0.05, 0) is 24.1 Å². The van der Waals surface area contributed by atoms with Crippen LogP contribution in [-0.4, -0.2) is 22.8 Å². The number of benzene rings is 1. The van der Waals surface area contributed by atoms with Gasteiger partial charge in [-0.3, -0.25) is 9.36 Å². The first-order chi connectivity index (χ1) is 9.15. The molecule has 0 unspecified atom stereocenters. The van der Waals surface area contributed by atoms with Gasteiger partial charge >= 0.3 is 11.7 Å². The first-order valence-electron chi connectivity index (χ1n) is 5.95. The third kappa shape index (κ3) is 2.85. The van der Waals surface area contributed by atoms with Crippen molar-refractivity contribution in [2.24, 2.45) is 0 Å². The van der Waals surface area contributed by atoms with E-state index in [2.05, 4.69) is 4.74 Å². The molecule has 1 aromatic carbocycles. The number of hydrogen-bond acceptors (Lipinski definition) is 5. The molecule has 6 heteroatoms. The first-order valence-corrected chi connectivity index (χ1v) is 5.95. The normalized spacial score (nSPS) is 10.8. The summed E-state index contributed by atoms with van der Waals surface area (Å²) in [6, 6.07) is 5.06. The molecule has 0 bridgehead atoms. The fourth-order valence-corrected chi connectivity index (χ4v) is 1.90. The Bertz CT molecular complexity index is 640. The highest BCUT2D eigenvalue weighted by atomic mass is 16.5. The Hall–Kier alpha value is -2.08. The van der Waals surface area contributed by atoms with E-state index < -0.39 is 5.76 Å². The Balaban J connectivity index is 2.23. The van der Waals surface area contributed by atoms with Gasteiger partial charge in [-0.1, -0.05) is 6.07 Å². The van der Waals surface area contributed by atoms with Crippen LogP contribution in [0.25, 0.3) is 11.1 Å². The highest BCUT2D eigenvalue weighted by molar-refractivity contribution is 5.73. The molecule has 2 aromatic rings. The summed E-state index contributed by atoms with van der Waals surface area (Å²) in [6.07, 6.45) is 0.736. The average molecular weight is 265 g/mol. The largest absolute Gasteiger partial charge is 0.469 e. The molecule has 2 rings (SSSR count). The number of aliphatic hydroxyl groups excluding tert-OH is 1. The molecule has 0 aliphatic carbocycles. The van der Waals surface area contributed by atoms with Crippen LogP contribution in [0.1, 0.15) is 18.4 Å². The lowest BCUT2D eigenvalue weighted by Gasteiger charge is -2.02. The summed E-state index contributed by atoms with van der Waals surface area (Å²) in [6.45, 7) is 0.271. The van der Waals surface area contributed by atoms with Crippen molar-refractivity contribution >= 4 is 17.1 Å². The second-order valence-corrected chi connectivity index (χ2v) is 4.16. The molecular weight excluding hydrogens is 250 g/mol. The van der Waals surface area contributed by atoms with Crippen LogP contribution >= 0.6 is 0 Å². The van der Waals surface area contributed by atoms with Gasteiger partial charge in [0, 0.05) is 13.0 Å². The van der Waals surface area contributed by atoms with E-state index in [1.165, 1.54) is 11.7 Å². The van der Waals surface area contributed by atoms with Crippen molar-refractivity contribution in [3.63, 3.8) is 0 Å². The second-order valence-electron chi connectivity index (χ2n) is 4.16. The lowest BCUT2D eigenvalue weighted by molar-refractivity contribution is -0.140. The molecule has 1 N–H and O–H groups in total. The van der Waals surface area contributed by atoms with E-state index in [4.69, 9.17) is 9.52 Å². The van der Waals surface area contributed by atoms with Crippen molar-refractivity contribution in [2.45, 2.75) is 26.0 Å². The Kier molecular flexibility index (Phi) is 4.01. The summed E-state index contributed by atoms with van der Waals surface area (Å²) in [5, 5.41) is 9.10.